The zero-order chi connectivity index (χ0) is 17.8. The van der Waals surface area contributed by atoms with Crippen LogP contribution >= 0.6 is 12.4 Å². The maximum absolute atomic E-state index is 12.4. The van der Waals surface area contributed by atoms with Crippen molar-refractivity contribution in [1.82, 2.24) is 20.8 Å². The molecule has 1 amide bonds. The second kappa shape index (κ2) is 9.12. The molecule has 1 unspecified atom stereocenters. The molecule has 3 rings (SSSR count). The van der Waals surface area contributed by atoms with Crippen molar-refractivity contribution in [2.75, 3.05) is 13.2 Å². The van der Waals surface area contributed by atoms with E-state index in [1.165, 1.54) is 5.56 Å². The average molecular weight is 381 g/mol. The Kier molecular flexibility index (Phi) is 7.14. The van der Waals surface area contributed by atoms with Crippen LogP contribution in [0.4, 0.5) is 0 Å². The molecule has 2 N–H and O–H groups in total. The molecule has 1 aromatic heterocycles. The Hall–Kier alpha value is -1.96. The van der Waals surface area contributed by atoms with E-state index >= 15 is 0 Å². The predicted molar refractivity (Wildman–Crippen MR) is 100 cm³/mol. The molecule has 1 aliphatic rings. The van der Waals surface area contributed by atoms with Crippen LogP contribution in [0.5, 0.6) is 0 Å². The molecular weight excluding hydrogens is 356 g/mol. The number of carbonyl (C=O) groups is 1. The van der Waals surface area contributed by atoms with Gasteiger partial charge < -0.3 is 19.9 Å². The minimum Gasteiger partial charge on any atom is -0.375 e. The highest BCUT2D eigenvalue weighted by molar-refractivity contribution is 5.85. The first-order valence-corrected chi connectivity index (χ1v) is 8.66. The SMILES string of the molecule is CCc1ccc(-c2noc(C(C)NC(=O)[C@H]3NCCO[C@@H]3C)n2)cc1.Cl. The van der Waals surface area contributed by atoms with E-state index in [9.17, 15) is 4.79 Å². The van der Waals surface area contributed by atoms with Gasteiger partial charge in [-0.15, -0.1) is 12.4 Å². The molecule has 3 atom stereocenters. The summed E-state index contributed by atoms with van der Waals surface area (Å²) in [6.45, 7) is 7.09. The molecule has 26 heavy (non-hydrogen) atoms. The lowest BCUT2D eigenvalue weighted by atomic mass is 10.1. The standard InChI is InChI=1S/C18H24N4O3.ClH/c1-4-13-5-7-14(8-6-13)16-21-18(25-22-16)11(2)20-17(23)15-12(3)24-10-9-19-15;/h5-8,11-12,15,19H,4,9-10H2,1-3H3,(H,20,23);1H/t11?,12-,15+;/m1./s1. The number of aromatic nitrogens is 2. The molecule has 0 saturated carbocycles. The first kappa shape index (κ1) is 20.4. The minimum atomic E-state index is -0.375. The number of morpholine rings is 1. The molecule has 0 bridgehead atoms. The number of halogens is 1. The Balaban J connectivity index is 0.00000243. The molecule has 0 spiro atoms. The highest BCUT2D eigenvalue weighted by atomic mass is 35.5. The maximum atomic E-state index is 12.4. The molecule has 142 valence electrons. The van der Waals surface area contributed by atoms with Crippen molar-refractivity contribution >= 4 is 18.3 Å². The van der Waals surface area contributed by atoms with Gasteiger partial charge in [-0.05, 0) is 25.8 Å². The van der Waals surface area contributed by atoms with E-state index in [4.69, 9.17) is 9.26 Å². The van der Waals surface area contributed by atoms with E-state index in [2.05, 4.69) is 27.7 Å². The van der Waals surface area contributed by atoms with Crippen molar-refractivity contribution in [3.63, 3.8) is 0 Å². The number of aryl methyl sites for hydroxylation is 1. The first-order valence-electron chi connectivity index (χ1n) is 8.66. The third kappa shape index (κ3) is 4.60. The monoisotopic (exact) mass is 380 g/mol. The van der Waals surface area contributed by atoms with Crippen LogP contribution < -0.4 is 10.6 Å². The van der Waals surface area contributed by atoms with E-state index in [1.807, 2.05) is 38.1 Å². The van der Waals surface area contributed by atoms with Gasteiger partial charge in [-0.25, -0.2) is 0 Å². The van der Waals surface area contributed by atoms with Gasteiger partial charge in [0.05, 0.1) is 12.7 Å². The summed E-state index contributed by atoms with van der Waals surface area (Å²) in [6.07, 6.45) is 0.814. The number of hydrogen-bond donors (Lipinski definition) is 2. The molecular formula is C18H25ClN4O3. The largest absolute Gasteiger partial charge is 0.375 e. The lowest BCUT2D eigenvalue weighted by Gasteiger charge is -2.29. The molecule has 8 heteroatoms. The van der Waals surface area contributed by atoms with Crippen LogP contribution in [-0.4, -0.2) is 41.3 Å². The quantitative estimate of drug-likeness (QED) is 0.827. The first-order chi connectivity index (χ1) is 12.1. The lowest BCUT2D eigenvalue weighted by molar-refractivity contribution is -0.129. The molecule has 0 radical (unpaired) electrons. The molecule has 1 fully saturated rings. The number of rotatable bonds is 5. The Morgan fingerprint density at radius 3 is 2.77 bits per heavy atom. The van der Waals surface area contributed by atoms with Crippen molar-refractivity contribution in [1.29, 1.82) is 0 Å². The Morgan fingerprint density at radius 2 is 2.12 bits per heavy atom. The van der Waals surface area contributed by atoms with Gasteiger partial charge in [0.15, 0.2) is 0 Å². The fourth-order valence-electron chi connectivity index (χ4n) is 2.81. The van der Waals surface area contributed by atoms with Gasteiger partial charge in [-0.3, -0.25) is 4.79 Å². The summed E-state index contributed by atoms with van der Waals surface area (Å²) < 4.78 is 10.8. The Morgan fingerprint density at radius 1 is 1.38 bits per heavy atom. The fourth-order valence-corrected chi connectivity index (χ4v) is 2.81. The summed E-state index contributed by atoms with van der Waals surface area (Å²) in [5.74, 6) is 0.769. The molecule has 1 aliphatic heterocycles. The minimum absolute atomic E-state index is 0. The van der Waals surface area contributed by atoms with Gasteiger partial charge in [0.1, 0.15) is 12.1 Å². The van der Waals surface area contributed by atoms with Crippen LogP contribution in [0, 0.1) is 0 Å². The molecule has 1 aromatic carbocycles. The highest BCUT2D eigenvalue weighted by Crippen LogP contribution is 2.19. The van der Waals surface area contributed by atoms with Crippen molar-refractivity contribution < 1.29 is 14.1 Å². The molecule has 1 saturated heterocycles. The topological polar surface area (TPSA) is 89.3 Å². The van der Waals surface area contributed by atoms with E-state index < -0.39 is 0 Å². The van der Waals surface area contributed by atoms with Crippen LogP contribution in [-0.2, 0) is 16.0 Å². The number of nitrogens with zero attached hydrogens (tertiary/aromatic N) is 2. The van der Waals surface area contributed by atoms with Gasteiger partial charge in [-0.1, -0.05) is 36.3 Å². The van der Waals surface area contributed by atoms with E-state index in [0.29, 0.717) is 24.9 Å². The molecule has 2 heterocycles. The van der Waals surface area contributed by atoms with Crippen molar-refractivity contribution in [2.24, 2.45) is 0 Å². The molecule has 0 aliphatic carbocycles. The van der Waals surface area contributed by atoms with Crippen LogP contribution in [0.15, 0.2) is 28.8 Å². The summed E-state index contributed by atoms with van der Waals surface area (Å²) in [5, 5.41) is 10.1. The van der Waals surface area contributed by atoms with Crippen LogP contribution in [0.3, 0.4) is 0 Å². The van der Waals surface area contributed by atoms with Crippen molar-refractivity contribution in [3.8, 4) is 11.4 Å². The summed E-state index contributed by atoms with van der Waals surface area (Å²) in [5.41, 5.74) is 2.14. The Labute approximate surface area is 159 Å². The number of amides is 1. The van der Waals surface area contributed by atoms with Gasteiger partial charge in [0.2, 0.25) is 17.6 Å². The van der Waals surface area contributed by atoms with Crippen molar-refractivity contribution in [3.05, 3.63) is 35.7 Å². The summed E-state index contributed by atoms with van der Waals surface area (Å²) in [4.78, 5) is 16.8. The third-order valence-electron chi connectivity index (χ3n) is 4.39. The van der Waals surface area contributed by atoms with Gasteiger partial charge in [-0.2, -0.15) is 4.98 Å². The summed E-state index contributed by atoms with van der Waals surface area (Å²) in [7, 11) is 0. The van der Waals surface area contributed by atoms with Gasteiger partial charge in [0.25, 0.3) is 0 Å². The maximum Gasteiger partial charge on any atom is 0.249 e. The molecule has 7 nitrogen and oxygen atoms in total. The summed E-state index contributed by atoms with van der Waals surface area (Å²) >= 11 is 0. The number of hydrogen-bond acceptors (Lipinski definition) is 6. The normalized spacial score (nSPS) is 20.9. The lowest BCUT2D eigenvalue weighted by Crippen LogP contribution is -2.55. The number of benzene rings is 1. The van der Waals surface area contributed by atoms with Crippen LogP contribution in [0.25, 0.3) is 11.4 Å². The van der Waals surface area contributed by atoms with Crippen LogP contribution in [0.1, 0.15) is 38.3 Å². The van der Waals surface area contributed by atoms with E-state index in [-0.39, 0.29) is 36.5 Å². The van der Waals surface area contributed by atoms with Crippen molar-refractivity contribution in [2.45, 2.75) is 45.4 Å². The zero-order valence-corrected chi connectivity index (χ0v) is 16.0. The Bertz CT molecular complexity index is 719. The second-order valence-electron chi connectivity index (χ2n) is 6.24. The number of nitrogens with one attached hydrogen (secondary N) is 2. The number of carbonyl (C=O) groups excluding carboxylic acids is 1. The van der Waals surface area contributed by atoms with E-state index in [0.717, 1.165) is 12.0 Å². The fraction of sp³-hybridized carbons (Fsp3) is 0.500. The van der Waals surface area contributed by atoms with Gasteiger partial charge in [0, 0.05) is 12.1 Å². The molecule has 2 aromatic rings. The van der Waals surface area contributed by atoms with Crippen LogP contribution in [0.2, 0.25) is 0 Å². The van der Waals surface area contributed by atoms with Gasteiger partial charge >= 0.3 is 0 Å². The number of ether oxygens (including phenoxy) is 1. The van der Waals surface area contributed by atoms with E-state index in [1.54, 1.807) is 0 Å². The predicted octanol–water partition coefficient (Wildman–Crippen LogP) is 2.27. The third-order valence-corrected chi connectivity index (χ3v) is 4.39. The highest BCUT2D eigenvalue weighted by Gasteiger charge is 2.30. The second-order valence-corrected chi connectivity index (χ2v) is 6.24. The summed E-state index contributed by atoms with van der Waals surface area (Å²) in [6, 6.07) is 7.29. The smallest absolute Gasteiger partial charge is 0.249 e. The zero-order valence-electron chi connectivity index (χ0n) is 15.2. The average Bonchev–Trinajstić information content (AvgIpc) is 3.12.